The molecule has 0 aliphatic carbocycles. The molecule has 4 aromatic rings. The van der Waals surface area contributed by atoms with Crippen molar-refractivity contribution >= 4 is 33.6 Å². The van der Waals surface area contributed by atoms with E-state index in [2.05, 4.69) is 109 Å². The molecule has 0 aliphatic heterocycles. The summed E-state index contributed by atoms with van der Waals surface area (Å²) in [6.45, 7) is 10.9. The van der Waals surface area contributed by atoms with E-state index in [-0.39, 0.29) is 24.8 Å². The van der Waals surface area contributed by atoms with Crippen molar-refractivity contribution < 1.29 is 53.5 Å². The summed E-state index contributed by atoms with van der Waals surface area (Å²) in [6, 6.07) is 27.7. The van der Waals surface area contributed by atoms with Crippen molar-refractivity contribution in [2.75, 3.05) is 0 Å². The predicted octanol–water partition coefficient (Wildman–Crippen LogP) is 1.26. The van der Waals surface area contributed by atoms with Crippen LogP contribution in [-0.4, -0.2) is 18.1 Å². The fourth-order valence-electron chi connectivity index (χ4n) is 3.43. The molecule has 1 atom stereocenters. The van der Waals surface area contributed by atoms with Crippen molar-refractivity contribution in [3.63, 3.8) is 0 Å². The van der Waals surface area contributed by atoms with Gasteiger partial charge in [0.15, 0.2) is 8.32 Å². The van der Waals surface area contributed by atoms with Crippen LogP contribution in [0.2, 0.25) is 19.6 Å². The van der Waals surface area contributed by atoms with Crippen LogP contribution in [0, 0.1) is 0 Å². The summed E-state index contributed by atoms with van der Waals surface area (Å²) in [6.07, 6.45) is 1.39. The van der Waals surface area contributed by atoms with Crippen LogP contribution in [-0.2, 0) is 35.1 Å². The molecule has 166 valence electrons. The molecule has 0 fully saturated rings. The summed E-state index contributed by atoms with van der Waals surface area (Å²) in [5, 5.41) is 5.39. The Morgan fingerprint density at radius 2 is 1.32 bits per heavy atom. The molecule has 0 saturated carbocycles. The third-order valence-electron chi connectivity index (χ3n) is 4.33. The Labute approximate surface area is 216 Å². The van der Waals surface area contributed by atoms with E-state index in [1.54, 1.807) is 0 Å². The summed E-state index contributed by atoms with van der Waals surface area (Å²) in [5.41, 5.74) is 1.38. The van der Waals surface area contributed by atoms with Crippen LogP contribution in [0.15, 0.2) is 78.9 Å². The third-order valence-corrected chi connectivity index (χ3v) is 5.44. The Bertz CT molecular complexity index is 953. The summed E-state index contributed by atoms with van der Waals surface area (Å²) < 4.78 is 8.04. The van der Waals surface area contributed by atoms with E-state index in [1.807, 2.05) is 6.92 Å². The molecule has 5 heteroatoms. The van der Waals surface area contributed by atoms with Crippen LogP contribution >= 0.6 is 0 Å². The Kier molecular flexibility index (Phi) is 14.7. The molecule has 0 N–H and O–H groups in total. The first-order valence-electron chi connectivity index (χ1n) is 10.2. The van der Waals surface area contributed by atoms with Gasteiger partial charge < -0.3 is 29.2 Å². The van der Waals surface area contributed by atoms with Gasteiger partial charge in [-0.05, 0) is 33.0 Å². The molecule has 4 rings (SSSR count). The summed E-state index contributed by atoms with van der Waals surface area (Å²) in [5.74, 6) is 0. The molecule has 0 aliphatic rings. The zero-order valence-corrected chi connectivity index (χ0v) is 24.0. The Balaban J connectivity index is 0.000000488. The van der Waals surface area contributed by atoms with Gasteiger partial charge in [0.25, 0.3) is 0 Å². The van der Waals surface area contributed by atoms with Gasteiger partial charge in [-0.3, -0.25) is 0 Å². The Morgan fingerprint density at radius 3 is 1.74 bits per heavy atom. The van der Waals surface area contributed by atoms with Crippen molar-refractivity contribution in [2.24, 2.45) is 0 Å². The third kappa shape index (κ3) is 10.6. The molecular formula is C26H32Cl2OSiZr-2. The maximum absolute atomic E-state index is 5.95. The molecule has 0 aromatic heterocycles. The first-order chi connectivity index (χ1) is 13.8. The van der Waals surface area contributed by atoms with E-state index >= 15 is 0 Å². The minimum atomic E-state index is -1.35. The maximum atomic E-state index is 5.95. The molecule has 4 aromatic carbocycles. The molecule has 1 unspecified atom stereocenters. The van der Waals surface area contributed by atoms with Gasteiger partial charge in [-0.2, -0.15) is 17.7 Å². The summed E-state index contributed by atoms with van der Waals surface area (Å²) in [4.78, 5) is 0. The van der Waals surface area contributed by atoms with E-state index in [0.29, 0.717) is 6.10 Å². The van der Waals surface area contributed by atoms with Gasteiger partial charge >= 0.3 is 34.9 Å². The van der Waals surface area contributed by atoms with Gasteiger partial charge in [0, 0.05) is 6.10 Å². The molecule has 0 bridgehead atoms. The topological polar surface area (TPSA) is 9.23 Å². The molecule has 1 nitrogen and oxygen atoms in total. The van der Waals surface area contributed by atoms with Crippen molar-refractivity contribution in [3.05, 3.63) is 84.4 Å². The van der Waals surface area contributed by atoms with E-state index in [0.717, 1.165) is 6.42 Å². The number of halogens is 2. The van der Waals surface area contributed by atoms with Crippen molar-refractivity contribution in [1.29, 1.82) is 0 Å². The van der Waals surface area contributed by atoms with E-state index in [9.17, 15) is 0 Å². The van der Waals surface area contributed by atoms with Crippen LogP contribution in [0.4, 0.5) is 0 Å². The zero-order chi connectivity index (χ0) is 21.3. The molecular weight excluding hydrogens is 519 g/mol. The van der Waals surface area contributed by atoms with Gasteiger partial charge in [0.2, 0.25) is 0 Å². The van der Waals surface area contributed by atoms with Crippen molar-refractivity contribution in [2.45, 2.75) is 46.0 Å². The van der Waals surface area contributed by atoms with Gasteiger partial charge in [-0.1, -0.05) is 36.4 Å². The first kappa shape index (κ1) is 30.2. The standard InChI is InChI=1S/C13H9.C11H19OSi.C2H4.2ClH.Zr/c1-3-7-12-10(5-1)9-11-6-2-4-8-13(11)12;1-10(12-13(2,3)4)9-11-7-5-6-8-11;1-2;;;/h1-9H;5-8,10H,9H2,1-4H3;1H,2H3;2*1H;/q2*-1;;;;+2/p-2. The molecule has 0 saturated heterocycles. The number of fused-ring (bicyclic) bond motifs is 3. The zero-order valence-electron chi connectivity index (χ0n) is 19.0. The van der Waals surface area contributed by atoms with Crippen LogP contribution in [0.25, 0.3) is 21.5 Å². The molecule has 0 radical (unpaired) electrons. The monoisotopic (exact) mass is 548 g/mol. The average Bonchev–Trinajstić information content (AvgIpc) is 3.28. The largest absolute Gasteiger partial charge is 1.00 e. The Morgan fingerprint density at radius 1 is 0.903 bits per heavy atom. The fourth-order valence-corrected chi connectivity index (χ4v) is 4.72. The maximum Gasteiger partial charge on any atom is -0.0771 e. The predicted molar refractivity (Wildman–Crippen MR) is 128 cm³/mol. The number of rotatable bonds is 4. The SMILES string of the molecule is CC(C[c-]1cccc1)O[Si](C)(C)C.C[CH]=[Zr+2].[Cl-].[Cl-].c1ccc2c(c1)[cH-]c1ccccc12. The second-order valence-corrected chi connectivity index (χ2v) is 14.0. The summed E-state index contributed by atoms with van der Waals surface area (Å²) in [7, 11) is -1.35. The van der Waals surface area contributed by atoms with Crippen molar-refractivity contribution in [3.8, 4) is 0 Å². The normalized spacial score (nSPS) is 11.2. The van der Waals surface area contributed by atoms with Gasteiger partial charge in [-0.15, -0.1) is 39.7 Å². The van der Waals surface area contributed by atoms with Gasteiger partial charge in [0.05, 0.1) is 0 Å². The van der Waals surface area contributed by atoms with Crippen LogP contribution < -0.4 is 24.8 Å². The van der Waals surface area contributed by atoms with E-state index < -0.39 is 8.32 Å². The fraction of sp³-hybridized carbons (Fsp3) is 0.269. The quantitative estimate of drug-likeness (QED) is 0.275. The van der Waals surface area contributed by atoms with Crippen LogP contribution in [0.1, 0.15) is 19.4 Å². The number of hydrogen-bond donors (Lipinski definition) is 0. The second kappa shape index (κ2) is 15.1. The van der Waals surface area contributed by atoms with Crippen LogP contribution in [0.5, 0.6) is 0 Å². The molecule has 0 heterocycles. The van der Waals surface area contributed by atoms with E-state index in [1.165, 1.54) is 51.3 Å². The van der Waals surface area contributed by atoms with Crippen molar-refractivity contribution in [1.82, 2.24) is 0 Å². The number of benzene rings is 2. The Hall–Kier alpha value is -0.830. The number of hydrogen-bond acceptors (Lipinski definition) is 1. The smallest absolute Gasteiger partial charge is 0.0771 e. The summed E-state index contributed by atoms with van der Waals surface area (Å²) >= 11 is 1.51. The minimum absolute atomic E-state index is 0. The molecule has 31 heavy (non-hydrogen) atoms. The van der Waals surface area contributed by atoms with Gasteiger partial charge in [0.1, 0.15) is 0 Å². The first-order valence-corrected chi connectivity index (χ1v) is 15.0. The second-order valence-electron chi connectivity index (χ2n) is 8.15. The molecule has 0 amide bonds. The molecule has 0 spiro atoms. The van der Waals surface area contributed by atoms with E-state index in [4.69, 9.17) is 4.43 Å². The minimum Gasteiger partial charge on any atom is -1.00 e. The van der Waals surface area contributed by atoms with Gasteiger partial charge in [-0.25, -0.2) is 12.1 Å². The average molecular weight is 551 g/mol. The van der Waals surface area contributed by atoms with Crippen LogP contribution in [0.3, 0.4) is 0 Å².